The molecule has 0 aliphatic carbocycles. The van der Waals surface area contributed by atoms with Crippen LogP contribution < -0.4 is 9.05 Å². The number of benzene rings is 2. The molecule has 0 saturated carbocycles. The summed E-state index contributed by atoms with van der Waals surface area (Å²) in [4.78, 5) is 0. The van der Waals surface area contributed by atoms with Crippen LogP contribution in [0.5, 0.6) is 11.5 Å². The molecule has 0 fully saturated rings. The summed E-state index contributed by atoms with van der Waals surface area (Å²) in [7, 11) is -2.30. The molecule has 132 valence electrons. The number of para-hydroxylation sites is 2. The zero-order valence-electron chi connectivity index (χ0n) is 14.7. The molecule has 0 saturated heterocycles. The Bertz CT molecular complexity index is 735. The van der Waals surface area contributed by atoms with E-state index in [0.29, 0.717) is 0 Å². The highest BCUT2D eigenvalue weighted by Crippen LogP contribution is 2.58. The van der Waals surface area contributed by atoms with Crippen molar-refractivity contribution in [2.75, 3.05) is 12.7 Å². The molecule has 0 atom stereocenters. The van der Waals surface area contributed by atoms with Gasteiger partial charge in [0.15, 0.2) is 0 Å². The molecule has 3 nitrogen and oxygen atoms in total. The molecule has 2 aliphatic heterocycles. The first-order chi connectivity index (χ1) is 12.4. The van der Waals surface area contributed by atoms with Gasteiger partial charge in [-0.25, -0.2) is 4.74 Å². The van der Waals surface area contributed by atoms with Crippen LogP contribution in [0.1, 0.15) is 44.9 Å². The van der Waals surface area contributed by atoms with E-state index in [1.165, 1.54) is 32.1 Å². The molecule has 1 spiro atoms. The first-order valence-electron chi connectivity index (χ1n) is 9.51. The number of fused-ring (bicyclic) bond motifs is 3. The molecule has 0 bridgehead atoms. The van der Waals surface area contributed by atoms with Gasteiger partial charge in [0.1, 0.15) is 11.5 Å². The fourth-order valence-electron chi connectivity index (χ4n) is 3.61. The lowest BCUT2D eigenvalue weighted by Gasteiger charge is -2.24. The van der Waals surface area contributed by atoms with E-state index in [1.54, 1.807) is 0 Å². The zero-order valence-corrected chi connectivity index (χ0v) is 15.6. The van der Waals surface area contributed by atoms with Gasteiger partial charge in [-0.3, -0.25) is 0 Å². The molecule has 2 aromatic rings. The predicted octanol–water partition coefficient (Wildman–Crippen LogP) is 6.90. The summed E-state index contributed by atoms with van der Waals surface area (Å²) in [5.74, 6) is 1.83. The molecule has 2 aromatic carbocycles. The Hall–Kier alpha value is -1.73. The maximum Gasteiger partial charge on any atom is 0.314 e. The number of hydrogen-bond donors (Lipinski definition) is 0. The van der Waals surface area contributed by atoms with E-state index in [-0.39, 0.29) is 0 Å². The third-order valence-electron chi connectivity index (χ3n) is 4.96. The second-order valence-corrected chi connectivity index (χ2v) is 9.25. The molecule has 4 rings (SSSR count). The molecule has 2 heterocycles. The van der Waals surface area contributed by atoms with E-state index >= 15 is 0 Å². The van der Waals surface area contributed by atoms with Gasteiger partial charge in [0.05, 0.1) is 6.16 Å². The first kappa shape index (κ1) is 16.7. The molecule has 0 N–H and O–H groups in total. The van der Waals surface area contributed by atoms with Crippen molar-refractivity contribution in [3.05, 3.63) is 48.5 Å². The van der Waals surface area contributed by atoms with Crippen molar-refractivity contribution in [2.45, 2.75) is 44.9 Å². The molecule has 0 amide bonds. The Balaban J connectivity index is 1.78. The van der Waals surface area contributed by atoms with E-state index in [0.717, 1.165) is 48.2 Å². The predicted molar refractivity (Wildman–Crippen MR) is 105 cm³/mol. The summed E-state index contributed by atoms with van der Waals surface area (Å²) in [5, 5.41) is 0. The van der Waals surface area contributed by atoms with Crippen molar-refractivity contribution in [1.29, 1.82) is 0 Å². The summed E-state index contributed by atoms with van der Waals surface area (Å²) in [5.41, 5.74) is 2.22. The molecule has 0 aromatic heterocycles. The van der Waals surface area contributed by atoms with Crippen molar-refractivity contribution in [3.8, 4) is 22.6 Å². The Morgan fingerprint density at radius 1 is 0.640 bits per heavy atom. The van der Waals surface area contributed by atoms with Crippen LogP contribution in [0.25, 0.3) is 11.1 Å². The van der Waals surface area contributed by atoms with E-state index in [9.17, 15) is 0 Å². The lowest BCUT2D eigenvalue weighted by Crippen LogP contribution is -2.06. The highest BCUT2D eigenvalue weighted by Gasteiger charge is 2.30. The Morgan fingerprint density at radius 3 is 1.80 bits per heavy atom. The van der Waals surface area contributed by atoms with Crippen LogP contribution in [0.15, 0.2) is 53.3 Å². The third kappa shape index (κ3) is 3.77. The lowest BCUT2D eigenvalue weighted by molar-refractivity contribution is 0.476. The van der Waals surface area contributed by atoms with E-state index in [1.807, 2.05) is 12.1 Å². The molecular weight excluding hydrogens is 329 g/mol. The minimum absolute atomic E-state index is 0.845. The SMILES string of the molecule is c1ccc2c(c1)OP1(=NCCCCCCCCC1)Oc1ccccc1-2. The average molecular weight is 355 g/mol. The highest BCUT2D eigenvalue weighted by atomic mass is 31.2. The van der Waals surface area contributed by atoms with Gasteiger partial charge in [0, 0.05) is 17.7 Å². The number of rotatable bonds is 0. The molecule has 0 unspecified atom stereocenters. The monoisotopic (exact) mass is 355 g/mol. The molecular formula is C21H26NO2P. The van der Waals surface area contributed by atoms with Crippen LogP contribution in [0, 0.1) is 0 Å². The first-order valence-corrected chi connectivity index (χ1v) is 11.3. The Kier molecular flexibility index (Phi) is 5.12. The Morgan fingerprint density at radius 2 is 1.16 bits per heavy atom. The van der Waals surface area contributed by atoms with Gasteiger partial charge in [-0.1, -0.05) is 68.5 Å². The molecule has 25 heavy (non-hydrogen) atoms. The fraction of sp³-hybridized carbons (Fsp3) is 0.429. The van der Waals surface area contributed by atoms with Crippen LogP contribution in [0.4, 0.5) is 0 Å². The van der Waals surface area contributed by atoms with Gasteiger partial charge in [0.2, 0.25) is 0 Å². The smallest absolute Gasteiger partial charge is 0.314 e. The van der Waals surface area contributed by atoms with Gasteiger partial charge < -0.3 is 9.05 Å². The van der Waals surface area contributed by atoms with Crippen molar-refractivity contribution in [3.63, 3.8) is 0 Å². The number of hydrogen-bond acceptors (Lipinski definition) is 3. The highest BCUT2D eigenvalue weighted by molar-refractivity contribution is 7.57. The van der Waals surface area contributed by atoms with E-state index in [2.05, 4.69) is 36.4 Å². The molecule has 0 radical (unpaired) electrons. The van der Waals surface area contributed by atoms with Gasteiger partial charge >= 0.3 is 7.51 Å². The maximum atomic E-state index is 6.56. The van der Waals surface area contributed by atoms with Crippen LogP contribution >= 0.6 is 7.51 Å². The second kappa shape index (κ2) is 7.66. The average Bonchev–Trinajstić information content (AvgIpc) is 2.80. The van der Waals surface area contributed by atoms with Crippen LogP contribution in [0.2, 0.25) is 0 Å². The van der Waals surface area contributed by atoms with E-state index < -0.39 is 7.51 Å². The van der Waals surface area contributed by atoms with E-state index in [4.69, 9.17) is 13.8 Å². The summed E-state index contributed by atoms with van der Waals surface area (Å²) >= 11 is 0. The van der Waals surface area contributed by atoms with Gasteiger partial charge in [0.25, 0.3) is 0 Å². The molecule has 4 heteroatoms. The zero-order chi connectivity index (χ0) is 17.0. The third-order valence-corrected chi connectivity index (χ3v) is 7.44. The largest absolute Gasteiger partial charge is 0.429 e. The Labute approximate surface area is 150 Å². The quantitative estimate of drug-likeness (QED) is 0.481. The van der Waals surface area contributed by atoms with Crippen LogP contribution in [-0.2, 0) is 0 Å². The fourth-order valence-corrected chi connectivity index (χ4v) is 6.09. The minimum Gasteiger partial charge on any atom is -0.429 e. The lowest BCUT2D eigenvalue weighted by atomic mass is 10.0. The normalized spacial score (nSPS) is 19.8. The van der Waals surface area contributed by atoms with Crippen LogP contribution in [-0.4, -0.2) is 12.7 Å². The summed E-state index contributed by atoms with van der Waals surface area (Å²) in [6, 6.07) is 16.5. The van der Waals surface area contributed by atoms with Crippen molar-refractivity contribution >= 4 is 7.51 Å². The second-order valence-electron chi connectivity index (χ2n) is 6.88. The van der Waals surface area contributed by atoms with Gasteiger partial charge in [-0.05, 0) is 25.0 Å². The molecule has 2 aliphatic rings. The summed E-state index contributed by atoms with van der Waals surface area (Å²) in [6.07, 6.45) is 9.67. The van der Waals surface area contributed by atoms with Crippen molar-refractivity contribution in [2.24, 2.45) is 4.74 Å². The van der Waals surface area contributed by atoms with Crippen molar-refractivity contribution < 1.29 is 9.05 Å². The number of nitrogens with zero attached hydrogens (tertiary/aromatic N) is 1. The summed E-state index contributed by atoms with van der Waals surface area (Å²) in [6.45, 7) is 0.845. The maximum absolute atomic E-state index is 6.56. The van der Waals surface area contributed by atoms with Crippen molar-refractivity contribution in [1.82, 2.24) is 0 Å². The standard InChI is InChI=1S/C21H26NO2P/c1-2-4-10-16-22-25(17-11-5-3-1)23-20-14-8-6-12-18(20)19-13-7-9-15-21(19)24-25/h6-9,12-15H,1-5,10-11,16-17H2. The summed E-state index contributed by atoms with van der Waals surface area (Å²) < 4.78 is 18.2. The van der Waals surface area contributed by atoms with Gasteiger partial charge in [-0.2, -0.15) is 0 Å². The topological polar surface area (TPSA) is 30.8 Å². The minimum atomic E-state index is -2.30. The van der Waals surface area contributed by atoms with Crippen LogP contribution in [0.3, 0.4) is 0 Å². The van der Waals surface area contributed by atoms with Gasteiger partial charge in [-0.15, -0.1) is 0 Å².